The summed E-state index contributed by atoms with van der Waals surface area (Å²) in [6, 6.07) is 0. The van der Waals surface area contributed by atoms with Crippen molar-refractivity contribution in [1.29, 1.82) is 0 Å². The van der Waals surface area contributed by atoms with Gasteiger partial charge in [0.25, 0.3) is 0 Å². The highest BCUT2D eigenvalue weighted by Gasteiger charge is 1.95. The van der Waals surface area contributed by atoms with E-state index in [4.69, 9.17) is 0 Å². The molecule has 6 heteroatoms. The van der Waals surface area contributed by atoms with Gasteiger partial charge in [-0.25, -0.2) is 9.97 Å². The van der Waals surface area contributed by atoms with Gasteiger partial charge in [-0.15, -0.1) is 24.8 Å². The summed E-state index contributed by atoms with van der Waals surface area (Å²) in [6.45, 7) is 2.25. The molecule has 0 aromatic carbocycles. The molecule has 0 atom stereocenters. The molecule has 0 bridgehead atoms. The van der Waals surface area contributed by atoms with Crippen molar-refractivity contribution >= 4 is 24.8 Å². The number of halogens is 2. The van der Waals surface area contributed by atoms with E-state index in [-0.39, 0.29) is 24.8 Å². The highest BCUT2D eigenvalue weighted by atomic mass is 35.5. The lowest BCUT2D eigenvalue weighted by Crippen LogP contribution is -1.94. The molecule has 0 aliphatic carbocycles. The predicted molar refractivity (Wildman–Crippen MR) is 110 cm³/mol. The topological polar surface area (TPSA) is 35.6 Å². The largest absolute Gasteiger partial charge is 0.337 e. The summed E-state index contributed by atoms with van der Waals surface area (Å²) in [7, 11) is 0. The number of rotatable bonds is 14. The molecule has 2 rings (SSSR count). The van der Waals surface area contributed by atoms with Crippen LogP contribution >= 0.6 is 24.8 Å². The molecule has 0 saturated heterocycles. The number of hydrogen-bond acceptors (Lipinski definition) is 2. The predicted octanol–water partition coefficient (Wildman–Crippen LogP) is 5.91. The molecule has 2 aromatic rings. The Kier molecular flexibility index (Phi) is 15.8. The second-order valence-electron chi connectivity index (χ2n) is 6.49. The number of nitrogens with zero attached hydrogens (tertiary/aromatic N) is 4. The first-order valence-corrected chi connectivity index (χ1v) is 9.36. The summed E-state index contributed by atoms with van der Waals surface area (Å²) in [6.07, 6.45) is 26.8. The molecule has 0 spiro atoms. The van der Waals surface area contributed by atoms with Gasteiger partial charge in [0.1, 0.15) is 0 Å². The standard InChI is InChI=1S/C19H32N4.2ClH/c1(2-4-6-8-10-14-22-16-12-20-18-22)3-5-7-9-11-15-23-17-13-21-19-23;;/h12-13,16-19H,1-11,14-15H2;2*1H. The second kappa shape index (κ2) is 16.5. The Hall–Kier alpha value is -1.00. The van der Waals surface area contributed by atoms with Gasteiger partial charge in [-0.3, -0.25) is 0 Å². The van der Waals surface area contributed by atoms with Gasteiger partial charge in [0.15, 0.2) is 0 Å². The molecule has 0 aliphatic rings. The average molecular weight is 389 g/mol. The molecule has 0 saturated carbocycles. The Labute approximate surface area is 165 Å². The van der Waals surface area contributed by atoms with E-state index in [2.05, 4.69) is 31.5 Å². The quantitative estimate of drug-likeness (QED) is 0.376. The summed E-state index contributed by atoms with van der Waals surface area (Å²) in [5.41, 5.74) is 0. The first-order valence-electron chi connectivity index (χ1n) is 9.36. The van der Waals surface area contributed by atoms with E-state index >= 15 is 0 Å². The normalized spacial score (nSPS) is 10.2. The minimum absolute atomic E-state index is 0. The maximum Gasteiger partial charge on any atom is 0.0945 e. The number of hydrogen-bond donors (Lipinski definition) is 0. The zero-order valence-corrected chi connectivity index (χ0v) is 16.9. The molecule has 4 nitrogen and oxygen atoms in total. The van der Waals surface area contributed by atoms with Gasteiger partial charge < -0.3 is 9.13 Å². The van der Waals surface area contributed by atoms with Crippen molar-refractivity contribution < 1.29 is 0 Å². The van der Waals surface area contributed by atoms with Gasteiger partial charge >= 0.3 is 0 Å². The Morgan fingerprint density at radius 2 is 0.800 bits per heavy atom. The van der Waals surface area contributed by atoms with Crippen molar-refractivity contribution in [3.8, 4) is 0 Å². The average Bonchev–Trinajstić information content (AvgIpc) is 3.25. The summed E-state index contributed by atoms with van der Waals surface area (Å²) in [4.78, 5) is 8.14. The van der Waals surface area contributed by atoms with E-state index in [0.29, 0.717) is 0 Å². The van der Waals surface area contributed by atoms with E-state index < -0.39 is 0 Å². The van der Waals surface area contributed by atoms with Gasteiger partial charge in [0.2, 0.25) is 0 Å². The molecular weight excluding hydrogens is 355 g/mol. The first-order chi connectivity index (χ1) is 11.4. The van der Waals surface area contributed by atoms with Crippen LogP contribution in [0.3, 0.4) is 0 Å². The number of aromatic nitrogens is 4. The lowest BCUT2D eigenvalue weighted by Gasteiger charge is -2.04. The van der Waals surface area contributed by atoms with Crippen LogP contribution in [-0.4, -0.2) is 19.1 Å². The molecule has 0 amide bonds. The van der Waals surface area contributed by atoms with Crippen molar-refractivity contribution in [2.75, 3.05) is 0 Å². The second-order valence-corrected chi connectivity index (χ2v) is 6.49. The van der Waals surface area contributed by atoms with Crippen molar-refractivity contribution in [3.63, 3.8) is 0 Å². The Balaban J connectivity index is 0.00000288. The minimum atomic E-state index is 0. The van der Waals surface area contributed by atoms with Gasteiger partial charge in [-0.2, -0.15) is 0 Å². The third-order valence-corrected chi connectivity index (χ3v) is 4.45. The molecule has 0 fully saturated rings. The van der Waals surface area contributed by atoms with Crippen molar-refractivity contribution in [1.82, 2.24) is 19.1 Å². The molecule has 0 aliphatic heterocycles. The molecule has 144 valence electrons. The minimum Gasteiger partial charge on any atom is -0.337 e. The molecular formula is C19H34Cl2N4. The maximum atomic E-state index is 4.07. The summed E-state index contributed by atoms with van der Waals surface area (Å²) >= 11 is 0. The van der Waals surface area contributed by atoms with E-state index in [1.165, 1.54) is 70.6 Å². The van der Waals surface area contributed by atoms with Gasteiger partial charge in [0, 0.05) is 37.9 Å². The monoisotopic (exact) mass is 388 g/mol. The van der Waals surface area contributed by atoms with Crippen molar-refractivity contribution in [2.45, 2.75) is 83.7 Å². The third-order valence-electron chi connectivity index (χ3n) is 4.45. The van der Waals surface area contributed by atoms with E-state index in [1.807, 2.05) is 25.0 Å². The third kappa shape index (κ3) is 12.1. The van der Waals surface area contributed by atoms with Crippen LogP contribution in [0.4, 0.5) is 0 Å². The van der Waals surface area contributed by atoms with Crippen LogP contribution in [0.5, 0.6) is 0 Å². The van der Waals surface area contributed by atoms with Crippen molar-refractivity contribution in [3.05, 3.63) is 37.4 Å². The van der Waals surface area contributed by atoms with Crippen LogP contribution in [0.25, 0.3) is 0 Å². The SMILES string of the molecule is Cl.Cl.c1cn(CCCCCCCCCCCCCn2ccnc2)cn1. The summed E-state index contributed by atoms with van der Waals surface area (Å²) in [5, 5.41) is 0. The van der Waals surface area contributed by atoms with Crippen molar-refractivity contribution in [2.24, 2.45) is 0 Å². The van der Waals surface area contributed by atoms with Gasteiger partial charge in [0.05, 0.1) is 12.7 Å². The van der Waals surface area contributed by atoms with Crippen LogP contribution in [0.2, 0.25) is 0 Å². The van der Waals surface area contributed by atoms with E-state index in [9.17, 15) is 0 Å². The zero-order chi connectivity index (χ0) is 16.0. The highest BCUT2D eigenvalue weighted by Crippen LogP contribution is 2.12. The first kappa shape index (κ1) is 24.0. The Bertz CT molecular complexity index is 427. The zero-order valence-electron chi connectivity index (χ0n) is 15.3. The lowest BCUT2D eigenvalue weighted by atomic mass is 10.1. The Morgan fingerprint density at radius 3 is 1.08 bits per heavy atom. The fourth-order valence-electron chi connectivity index (χ4n) is 3.02. The van der Waals surface area contributed by atoms with Crippen LogP contribution in [-0.2, 0) is 13.1 Å². The fraction of sp³-hybridized carbons (Fsp3) is 0.684. The van der Waals surface area contributed by atoms with Gasteiger partial charge in [-0.1, -0.05) is 57.8 Å². The molecule has 2 aromatic heterocycles. The van der Waals surface area contributed by atoms with Gasteiger partial charge in [-0.05, 0) is 12.8 Å². The molecule has 2 heterocycles. The summed E-state index contributed by atoms with van der Waals surface area (Å²) in [5.74, 6) is 0. The maximum absolute atomic E-state index is 4.07. The van der Waals surface area contributed by atoms with Crippen LogP contribution in [0, 0.1) is 0 Å². The van der Waals surface area contributed by atoms with Crippen LogP contribution in [0.1, 0.15) is 70.6 Å². The smallest absolute Gasteiger partial charge is 0.0945 e. The number of imidazole rings is 2. The Morgan fingerprint density at radius 1 is 0.480 bits per heavy atom. The lowest BCUT2D eigenvalue weighted by molar-refractivity contribution is 0.520. The molecule has 0 radical (unpaired) electrons. The van der Waals surface area contributed by atoms with E-state index in [1.54, 1.807) is 0 Å². The fourth-order valence-corrected chi connectivity index (χ4v) is 3.02. The van der Waals surface area contributed by atoms with Crippen LogP contribution < -0.4 is 0 Å². The summed E-state index contributed by atoms with van der Waals surface area (Å²) < 4.78 is 4.35. The van der Waals surface area contributed by atoms with E-state index in [0.717, 1.165) is 13.1 Å². The number of unbranched alkanes of at least 4 members (excludes halogenated alkanes) is 10. The molecule has 0 N–H and O–H groups in total. The van der Waals surface area contributed by atoms with Crippen LogP contribution in [0.15, 0.2) is 37.4 Å². The number of aryl methyl sites for hydroxylation is 2. The molecule has 0 unspecified atom stereocenters. The molecule has 25 heavy (non-hydrogen) atoms. The highest BCUT2D eigenvalue weighted by molar-refractivity contribution is 5.85.